The van der Waals surface area contributed by atoms with Crippen LogP contribution in [0.2, 0.25) is 0 Å². The molecule has 9 unspecified atom stereocenters. The first-order valence-electron chi connectivity index (χ1n) is 36.7. The molecule has 1 rings (SSSR count). The maximum atomic E-state index is 13.2. The van der Waals surface area contributed by atoms with Gasteiger partial charge in [0.05, 0.1) is 25.4 Å². The smallest absolute Gasteiger partial charge is 0.249 e. The fourth-order valence-electron chi connectivity index (χ4n) is 12.1. The van der Waals surface area contributed by atoms with Gasteiger partial charge >= 0.3 is 0 Å². The minimum atomic E-state index is -1.67. The van der Waals surface area contributed by atoms with Gasteiger partial charge in [0.15, 0.2) is 6.29 Å². The number of aliphatic hydroxyl groups is 7. The molecule has 498 valence electrons. The Kier molecular flexibility index (Phi) is 59.3. The molecule has 1 saturated heterocycles. The van der Waals surface area contributed by atoms with Crippen molar-refractivity contribution in [3.05, 3.63) is 24.3 Å². The average molecular weight is 1190 g/mol. The van der Waals surface area contributed by atoms with Gasteiger partial charge in [0.25, 0.3) is 0 Å². The third-order valence-electron chi connectivity index (χ3n) is 18.0. The summed E-state index contributed by atoms with van der Waals surface area (Å²) in [4.78, 5) is 13.2. The van der Waals surface area contributed by atoms with Gasteiger partial charge < -0.3 is 50.5 Å². The number of nitrogens with one attached hydrogen (secondary N) is 1. The van der Waals surface area contributed by atoms with Crippen LogP contribution in [0.4, 0.5) is 0 Å². The highest BCUT2D eigenvalue weighted by atomic mass is 16.7. The predicted molar refractivity (Wildman–Crippen MR) is 353 cm³/mol. The summed E-state index contributed by atoms with van der Waals surface area (Å²) in [6, 6.07) is -1.18. The molecular formula is C73H141NO10. The first kappa shape index (κ1) is 80.6. The predicted octanol–water partition coefficient (Wildman–Crippen LogP) is 18.0. The lowest BCUT2D eigenvalue weighted by Crippen LogP contribution is -2.60. The van der Waals surface area contributed by atoms with E-state index >= 15 is 0 Å². The van der Waals surface area contributed by atoms with Gasteiger partial charge in [0.2, 0.25) is 5.91 Å². The fourth-order valence-corrected chi connectivity index (χ4v) is 12.1. The molecular weight excluding hydrogens is 1050 g/mol. The maximum absolute atomic E-state index is 13.2. The summed E-state index contributed by atoms with van der Waals surface area (Å²) >= 11 is 0. The van der Waals surface area contributed by atoms with Crippen LogP contribution in [0, 0.1) is 0 Å². The highest BCUT2D eigenvalue weighted by Crippen LogP contribution is 2.24. The zero-order chi connectivity index (χ0) is 61.0. The molecule has 1 amide bonds. The molecule has 0 saturated carbocycles. The molecule has 0 aromatic rings. The number of allylic oxidation sites excluding steroid dienone is 4. The third kappa shape index (κ3) is 48.5. The van der Waals surface area contributed by atoms with Gasteiger partial charge in [0.1, 0.15) is 36.6 Å². The number of unbranched alkanes of at least 4 members (excludes halogenated alkanes) is 49. The number of carbonyl (C=O) groups is 1. The molecule has 0 radical (unpaired) electrons. The molecule has 9 atom stereocenters. The van der Waals surface area contributed by atoms with Crippen molar-refractivity contribution in [1.29, 1.82) is 0 Å². The van der Waals surface area contributed by atoms with E-state index < -0.39 is 74.2 Å². The van der Waals surface area contributed by atoms with E-state index in [0.717, 1.165) is 38.5 Å². The van der Waals surface area contributed by atoms with Crippen LogP contribution < -0.4 is 5.32 Å². The molecule has 0 spiro atoms. The Morgan fingerprint density at radius 1 is 0.405 bits per heavy atom. The largest absolute Gasteiger partial charge is 0.394 e. The van der Waals surface area contributed by atoms with Crippen molar-refractivity contribution in [2.75, 3.05) is 13.2 Å². The number of amides is 1. The number of ether oxygens (including phenoxy) is 2. The van der Waals surface area contributed by atoms with E-state index in [1.807, 2.05) is 0 Å². The van der Waals surface area contributed by atoms with Gasteiger partial charge in [-0.15, -0.1) is 0 Å². The first-order valence-corrected chi connectivity index (χ1v) is 36.7. The summed E-state index contributed by atoms with van der Waals surface area (Å²) < 4.78 is 11.2. The Balaban J connectivity index is 2.12. The van der Waals surface area contributed by atoms with E-state index in [1.165, 1.54) is 289 Å². The van der Waals surface area contributed by atoms with Gasteiger partial charge in [-0.2, -0.15) is 0 Å². The van der Waals surface area contributed by atoms with Gasteiger partial charge in [-0.25, -0.2) is 0 Å². The molecule has 84 heavy (non-hydrogen) atoms. The maximum Gasteiger partial charge on any atom is 0.249 e. The van der Waals surface area contributed by atoms with Crippen LogP contribution in [0.5, 0.6) is 0 Å². The second-order valence-corrected chi connectivity index (χ2v) is 26.0. The molecule has 1 fully saturated rings. The lowest BCUT2D eigenvalue weighted by molar-refractivity contribution is -0.303. The lowest BCUT2D eigenvalue weighted by Gasteiger charge is -2.40. The van der Waals surface area contributed by atoms with Gasteiger partial charge in [-0.1, -0.05) is 327 Å². The van der Waals surface area contributed by atoms with E-state index in [-0.39, 0.29) is 12.8 Å². The van der Waals surface area contributed by atoms with Gasteiger partial charge in [-0.05, 0) is 64.2 Å². The first-order chi connectivity index (χ1) is 41.2. The zero-order valence-electron chi connectivity index (χ0n) is 55.2. The SMILES string of the molecule is CCCCCCCCCCCCCCCC/C=C/CCCC(O)C(O)C(COC1OC(CO)C(O)C(O)C1O)NC(=O)C(O)CCCCCCCCCCCCCCCCCC/C=C\CCCCCCCCCCCCCCCCCCCC. The molecule has 1 aliphatic heterocycles. The van der Waals surface area contributed by atoms with Crippen LogP contribution in [0.1, 0.15) is 367 Å². The molecule has 1 aliphatic rings. The minimum absolute atomic E-state index is 0.257. The van der Waals surface area contributed by atoms with Crippen molar-refractivity contribution >= 4 is 5.91 Å². The van der Waals surface area contributed by atoms with Crippen LogP contribution in [0.25, 0.3) is 0 Å². The normalized spacial score (nSPS) is 19.0. The summed E-state index contributed by atoms with van der Waals surface area (Å²) in [7, 11) is 0. The molecule has 0 aliphatic carbocycles. The molecule has 0 aromatic carbocycles. The molecule has 0 bridgehead atoms. The molecule has 0 aromatic heterocycles. The van der Waals surface area contributed by atoms with Crippen LogP contribution in [0.15, 0.2) is 24.3 Å². The second-order valence-electron chi connectivity index (χ2n) is 26.0. The lowest BCUT2D eigenvalue weighted by atomic mass is 9.98. The molecule has 11 heteroatoms. The van der Waals surface area contributed by atoms with E-state index in [0.29, 0.717) is 12.8 Å². The Morgan fingerprint density at radius 3 is 1.02 bits per heavy atom. The van der Waals surface area contributed by atoms with Gasteiger partial charge in [-0.3, -0.25) is 4.79 Å². The van der Waals surface area contributed by atoms with Crippen molar-refractivity contribution in [3.63, 3.8) is 0 Å². The summed E-state index contributed by atoms with van der Waals surface area (Å²) in [5.74, 6) is -0.700. The van der Waals surface area contributed by atoms with Crippen LogP contribution >= 0.6 is 0 Å². The van der Waals surface area contributed by atoms with Crippen molar-refractivity contribution in [2.24, 2.45) is 0 Å². The number of hydrogen-bond acceptors (Lipinski definition) is 10. The highest BCUT2D eigenvalue weighted by molar-refractivity contribution is 5.80. The highest BCUT2D eigenvalue weighted by Gasteiger charge is 2.44. The van der Waals surface area contributed by atoms with E-state index in [9.17, 15) is 40.5 Å². The van der Waals surface area contributed by atoms with Crippen LogP contribution in [-0.2, 0) is 14.3 Å². The monoisotopic (exact) mass is 1190 g/mol. The Labute approximate surface area is 518 Å². The second kappa shape index (κ2) is 61.8. The minimum Gasteiger partial charge on any atom is -0.394 e. The Hall–Kier alpha value is -1.41. The van der Waals surface area contributed by atoms with Crippen molar-refractivity contribution < 1.29 is 50.0 Å². The van der Waals surface area contributed by atoms with E-state index in [4.69, 9.17) is 9.47 Å². The Bertz CT molecular complexity index is 1420. The summed E-state index contributed by atoms with van der Waals surface area (Å²) in [6.07, 6.45) is 67.2. The molecule has 11 nitrogen and oxygen atoms in total. The van der Waals surface area contributed by atoms with Gasteiger partial charge in [0, 0.05) is 0 Å². The summed E-state index contributed by atoms with van der Waals surface area (Å²) in [6.45, 7) is 3.50. The number of carbonyl (C=O) groups excluding carboxylic acids is 1. The van der Waals surface area contributed by atoms with Crippen molar-refractivity contribution in [1.82, 2.24) is 5.32 Å². The van der Waals surface area contributed by atoms with E-state index in [2.05, 4.69) is 43.5 Å². The zero-order valence-corrected chi connectivity index (χ0v) is 55.2. The van der Waals surface area contributed by atoms with Crippen molar-refractivity contribution in [3.8, 4) is 0 Å². The van der Waals surface area contributed by atoms with E-state index in [1.54, 1.807) is 0 Å². The standard InChI is InChI=1S/C73H141NO10/c1-3-5-7-9-11-13-15-17-19-21-23-24-25-26-27-28-29-30-31-32-33-34-35-36-37-38-39-40-41-43-45-47-49-51-53-55-57-59-61-66(77)72(82)74-64(63-83-73-71(81)70(80)69(79)67(62-75)84-73)68(78)65(76)60-58-56-54-52-50-48-46-44-42-22-20-18-16-14-12-10-8-6-4-2/h32-33,52,54,64-71,73,75-81H,3-31,34-51,53,55-63H2,1-2H3,(H,74,82)/b33-32-,54-52+. The molecule has 8 N–H and O–H groups in total. The number of hydrogen-bond donors (Lipinski definition) is 8. The third-order valence-corrected chi connectivity index (χ3v) is 18.0. The summed E-state index contributed by atoms with van der Waals surface area (Å²) in [5.41, 5.74) is 0. The number of rotatable bonds is 65. The van der Waals surface area contributed by atoms with Crippen molar-refractivity contribution in [2.45, 2.75) is 422 Å². The Morgan fingerprint density at radius 2 is 0.702 bits per heavy atom. The molecule has 1 heterocycles. The number of aliphatic hydroxyl groups excluding tert-OH is 7. The topological polar surface area (TPSA) is 189 Å². The summed E-state index contributed by atoms with van der Waals surface area (Å²) in [5, 5.41) is 76.4. The quantitative estimate of drug-likeness (QED) is 0.0215. The average Bonchev–Trinajstić information content (AvgIpc) is 3.66. The fraction of sp³-hybridized carbons (Fsp3) is 0.932. The van der Waals surface area contributed by atoms with Crippen LogP contribution in [0.3, 0.4) is 0 Å². The van der Waals surface area contributed by atoms with Crippen LogP contribution in [-0.4, -0.2) is 110 Å².